The highest BCUT2D eigenvalue weighted by Crippen LogP contribution is 2.03. The highest BCUT2D eigenvalue weighted by atomic mass is 32.1. The Labute approximate surface area is 105 Å². The van der Waals surface area contributed by atoms with Crippen molar-refractivity contribution in [3.8, 4) is 0 Å². The molecule has 2 rings (SSSR count). The quantitative estimate of drug-likeness (QED) is 0.828. The van der Waals surface area contributed by atoms with E-state index in [-0.39, 0.29) is 0 Å². The summed E-state index contributed by atoms with van der Waals surface area (Å²) in [4.78, 5) is 0. The minimum atomic E-state index is 0.692. The molecule has 0 atom stereocenters. The maximum Gasteiger partial charge on any atom is 0.195 e. The van der Waals surface area contributed by atoms with Gasteiger partial charge in [0.05, 0.1) is 12.7 Å². The predicted octanol–water partition coefficient (Wildman–Crippen LogP) is 2.10. The number of aromatic nitrogens is 5. The zero-order valence-corrected chi connectivity index (χ0v) is 11.0. The van der Waals surface area contributed by atoms with E-state index in [1.807, 2.05) is 24.0 Å². The lowest BCUT2D eigenvalue weighted by atomic mass is 10.3. The Morgan fingerprint density at radius 1 is 1.41 bits per heavy atom. The van der Waals surface area contributed by atoms with Gasteiger partial charge in [0.15, 0.2) is 4.77 Å². The largest absolute Gasteiger partial charge is 0.302 e. The van der Waals surface area contributed by atoms with Crippen LogP contribution in [0.1, 0.15) is 24.7 Å². The van der Waals surface area contributed by atoms with Crippen LogP contribution in [0, 0.1) is 11.7 Å². The van der Waals surface area contributed by atoms with Crippen LogP contribution < -0.4 is 0 Å². The van der Waals surface area contributed by atoms with Gasteiger partial charge in [-0.1, -0.05) is 6.92 Å². The zero-order chi connectivity index (χ0) is 12.3. The minimum absolute atomic E-state index is 0.692. The normalized spacial score (nSPS) is 10.9. The van der Waals surface area contributed by atoms with E-state index < -0.39 is 0 Å². The molecule has 0 spiro atoms. The molecule has 2 aromatic rings. The lowest BCUT2D eigenvalue weighted by molar-refractivity contribution is 0.515. The van der Waals surface area contributed by atoms with Gasteiger partial charge < -0.3 is 4.57 Å². The second kappa shape index (κ2) is 5.27. The van der Waals surface area contributed by atoms with Gasteiger partial charge in [-0.15, -0.1) is 0 Å². The zero-order valence-electron chi connectivity index (χ0n) is 10.2. The SMILES string of the molecule is CCCc1n[nH]c(=S)n1CCn1cc(C)cn1. The Morgan fingerprint density at radius 2 is 2.24 bits per heavy atom. The summed E-state index contributed by atoms with van der Waals surface area (Å²) in [7, 11) is 0. The van der Waals surface area contributed by atoms with E-state index in [0.29, 0.717) is 4.77 Å². The van der Waals surface area contributed by atoms with E-state index in [1.165, 1.54) is 5.56 Å². The fourth-order valence-corrected chi connectivity index (χ4v) is 2.03. The standard InChI is InChI=1S/C11H17N5S/c1-3-4-10-13-14-11(17)16(10)6-5-15-8-9(2)7-12-15/h7-8H,3-6H2,1-2H3,(H,14,17). The first kappa shape index (κ1) is 12.0. The van der Waals surface area contributed by atoms with Gasteiger partial charge in [-0.2, -0.15) is 10.2 Å². The van der Waals surface area contributed by atoms with Gasteiger partial charge in [0, 0.05) is 19.2 Å². The van der Waals surface area contributed by atoms with E-state index in [9.17, 15) is 0 Å². The Balaban J connectivity index is 2.08. The number of nitrogens with zero attached hydrogens (tertiary/aromatic N) is 4. The monoisotopic (exact) mass is 251 g/mol. The average molecular weight is 251 g/mol. The van der Waals surface area contributed by atoms with Crippen molar-refractivity contribution in [1.29, 1.82) is 0 Å². The Hall–Kier alpha value is -1.43. The molecular formula is C11H17N5S. The van der Waals surface area contributed by atoms with Crippen LogP contribution >= 0.6 is 12.2 Å². The molecule has 0 amide bonds. The van der Waals surface area contributed by atoms with Gasteiger partial charge in [0.2, 0.25) is 0 Å². The fraction of sp³-hybridized carbons (Fsp3) is 0.545. The van der Waals surface area contributed by atoms with Crippen molar-refractivity contribution in [2.75, 3.05) is 0 Å². The van der Waals surface area contributed by atoms with Crippen LogP contribution in [0.2, 0.25) is 0 Å². The predicted molar refractivity (Wildman–Crippen MR) is 68.4 cm³/mol. The van der Waals surface area contributed by atoms with Crippen LogP contribution in [0.25, 0.3) is 0 Å². The molecule has 0 radical (unpaired) electrons. The molecule has 2 heterocycles. The molecular weight excluding hydrogens is 234 g/mol. The summed E-state index contributed by atoms with van der Waals surface area (Å²) in [6.07, 6.45) is 5.91. The molecule has 6 heteroatoms. The van der Waals surface area contributed by atoms with Crippen molar-refractivity contribution in [2.24, 2.45) is 0 Å². The van der Waals surface area contributed by atoms with Gasteiger partial charge in [-0.25, -0.2) is 0 Å². The number of nitrogens with one attached hydrogen (secondary N) is 1. The summed E-state index contributed by atoms with van der Waals surface area (Å²) in [6.45, 7) is 5.80. The summed E-state index contributed by atoms with van der Waals surface area (Å²) in [5.74, 6) is 1.03. The van der Waals surface area contributed by atoms with Gasteiger partial charge >= 0.3 is 0 Å². The number of hydrogen-bond donors (Lipinski definition) is 1. The molecule has 92 valence electrons. The van der Waals surface area contributed by atoms with Crippen LogP contribution in [0.15, 0.2) is 12.4 Å². The van der Waals surface area contributed by atoms with Gasteiger partial charge in [-0.05, 0) is 31.1 Å². The van der Waals surface area contributed by atoms with Crippen molar-refractivity contribution in [2.45, 2.75) is 39.8 Å². The average Bonchev–Trinajstić information content (AvgIpc) is 2.85. The maximum atomic E-state index is 5.22. The third-order valence-corrected chi connectivity index (χ3v) is 2.94. The molecule has 1 N–H and O–H groups in total. The van der Waals surface area contributed by atoms with Crippen LogP contribution in [0.5, 0.6) is 0 Å². The first-order valence-electron chi connectivity index (χ1n) is 5.84. The number of aromatic amines is 1. The molecule has 0 saturated heterocycles. The van der Waals surface area contributed by atoms with E-state index >= 15 is 0 Å². The van der Waals surface area contributed by atoms with Crippen molar-refractivity contribution in [1.82, 2.24) is 24.5 Å². The van der Waals surface area contributed by atoms with Crippen LogP contribution in [0.3, 0.4) is 0 Å². The van der Waals surface area contributed by atoms with E-state index in [2.05, 4.69) is 26.8 Å². The molecule has 0 saturated carbocycles. The molecule has 17 heavy (non-hydrogen) atoms. The molecule has 0 bridgehead atoms. The van der Waals surface area contributed by atoms with Gasteiger partial charge in [0.25, 0.3) is 0 Å². The third-order valence-electron chi connectivity index (χ3n) is 2.63. The lowest BCUT2D eigenvalue weighted by Crippen LogP contribution is -2.10. The minimum Gasteiger partial charge on any atom is -0.302 e. The second-order valence-electron chi connectivity index (χ2n) is 4.13. The van der Waals surface area contributed by atoms with Crippen molar-refractivity contribution in [3.05, 3.63) is 28.6 Å². The molecule has 0 aliphatic carbocycles. The molecule has 0 aliphatic rings. The molecule has 5 nitrogen and oxygen atoms in total. The summed E-state index contributed by atoms with van der Waals surface area (Å²) >= 11 is 5.22. The van der Waals surface area contributed by atoms with Gasteiger partial charge in [-0.3, -0.25) is 9.78 Å². The molecule has 2 aromatic heterocycles. The van der Waals surface area contributed by atoms with E-state index in [1.54, 1.807) is 0 Å². The molecule has 0 aromatic carbocycles. The van der Waals surface area contributed by atoms with Crippen LogP contribution in [0.4, 0.5) is 0 Å². The Kier molecular flexibility index (Phi) is 3.73. The second-order valence-corrected chi connectivity index (χ2v) is 4.51. The smallest absolute Gasteiger partial charge is 0.195 e. The number of aryl methyl sites for hydroxylation is 3. The van der Waals surface area contributed by atoms with Crippen molar-refractivity contribution >= 4 is 12.2 Å². The summed E-state index contributed by atoms with van der Waals surface area (Å²) < 4.78 is 4.67. The molecule has 0 unspecified atom stereocenters. The lowest BCUT2D eigenvalue weighted by Gasteiger charge is -2.06. The van der Waals surface area contributed by atoms with E-state index in [4.69, 9.17) is 12.2 Å². The molecule has 0 aliphatic heterocycles. The number of rotatable bonds is 5. The first-order chi connectivity index (χ1) is 8.20. The summed E-state index contributed by atoms with van der Waals surface area (Å²) in [6, 6.07) is 0. The third kappa shape index (κ3) is 2.82. The van der Waals surface area contributed by atoms with Gasteiger partial charge in [0.1, 0.15) is 5.82 Å². The molecule has 0 fully saturated rings. The van der Waals surface area contributed by atoms with E-state index in [0.717, 1.165) is 31.8 Å². The van der Waals surface area contributed by atoms with Crippen LogP contribution in [-0.2, 0) is 19.5 Å². The first-order valence-corrected chi connectivity index (χ1v) is 6.24. The van der Waals surface area contributed by atoms with Crippen molar-refractivity contribution in [3.63, 3.8) is 0 Å². The summed E-state index contributed by atoms with van der Waals surface area (Å²) in [5, 5.41) is 11.3. The summed E-state index contributed by atoms with van der Waals surface area (Å²) in [5.41, 5.74) is 1.18. The number of hydrogen-bond acceptors (Lipinski definition) is 3. The van der Waals surface area contributed by atoms with Crippen molar-refractivity contribution < 1.29 is 0 Å². The highest BCUT2D eigenvalue weighted by Gasteiger charge is 2.05. The Bertz CT molecular complexity index is 536. The topological polar surface area (TPSA) is 51.4 Å². The maximum absolute atomic E-state index is 5.22. The number of H-pyrrole nitrogens is 1. The highest BCUT2D eigenvalue weighted by molar-refractivity contribution is 7.71. The van der Waals surface area contributed by atoms with Crippen LogP contribution in [-0.4, -0.2) is 24.5 Å². The fourth-order valence-electron chi connectivity index (χ4n) is 1.79. The Morgan fingerprint density at radius 3 is 2.88 bits per heavy atom.